The minimum Gasteiger partial charge on any atom is -0.298 e. The number of ketones is 1. The van der Waals surface area contributed by atoms with Crippen molar-refractivity contribution in [1.29, 1.82) is 0 Å². The Morgan fingerprint density at radius 3 is 3.15 bits per heavy atom. The zero-order valence-corrected chi connectivity index (χ0v) is 8.12. The first kappa shape index (κ1) is 7.78. The molecule has 2 fully saturated rings. The molecule has 3 rings (SSSR count). The molecule has 0 aromatic rings. The van der Waals surface area contributed by atoms with Gasteiger partial charge in [-0.1, -0.05) is 18.6 Å². The molecule has 0 aromatic carbocycles. The van der Waals surface area contributed by atoms with Crippen LogP contribution in [0.5, 0.6) is 0 Å². The van der Waals surface area contributed by atoms with Gasteiger partial charge in [0.05, 0.1) is 0 Å². The fourth-order valence-corrected chi connectivity index (χ4v) is 3.94. The standard InChI is InChI=1S/C12H16O/c1-12-7-3-5-9(11(12)13)8-4-2-6-10(8)12/h3,7-10H,2,4-6H2,1H3. The second kappa shape index (κ2) is 2.26. The topological polar surface area (TPSA) is 17.1 Å². The summed E-state index contributed by atoms with van der Waals surface area (Å²) in [6.07, 6.45) is 9.40. The molecule has 0 saturated heterocycles. The first-order chi connectivity index (χ1) is 6.23. The van der Waals surface area contributed by atoms with Crippen LogP contribution < -0.4 is 0 Å². The number of Topliss-reactive ketones (excluding diaryl/α,β-unsaturated/α-hetero) is 1. The van der Waals surface area contributed by atoms with E-state index in [1.165, 1.54) is 19.3 Å². The first-order valence-electron chi connectivity index (χ1n) is 5.45. The van der Waals surface area contributed by atoms with Gasteiger partial charge in [-0.25, -0.2) is 0 Å². The van der Waals surface area contributed by atoms with Gasteiger partial charge in [0.25, 0.3) is 0 Å². The summed E-state index contributed by atoms with van der Waals surface area (Å²) >= 11 is 0. The molecule has 0 radical (unpaired) electrons. The predicted molar refractivity (Wildman–Crippen MR) is 51.2 cm³/mol. The highest BCUT2D eigenvalue weighted by molar-refractivity contribution is 5.92. The molecule has 70 valence electrons. The van der Waals surface area contributed by atoms with Crippen LogP contribution in [0.2, 0.25) is 0 Å². The van der Waals surface area contributed by atoms with Crippen molar-refractivity contribution in [2.45, 2.75) is 32.6 Å². The molecule has 0 spiro atoms. The largest absolute Gasteiger partial charge is 0.298 e. The second-order valence-corrected chi connectivity index (χ2v) is 5.09. The van der Waals surface area contributed by atoms with Crippen LogP contribution in [0.15, 0.2) is 12.2 Å². The lowest BCUT2D eigenvalue weighted by atomic mass is 9.75. The van der Waals surface area contributed by atoms with Crippen molar-refractivity contribution in [3.05, 3.63) is 12.2 Å². The predicted octanol–water partition coefficient (Wildman–Crippen LogP) is 2.57. The molecule has 0 aliphatic heterocycles. The van der Waals surface area contributed by atoms with E-state index in [-0.39, 0.29) is 5.41 Å². The van der Waals surface area contributed by atoms with Gasteiger partial charge in [-0.3, -0.25) is 4.79 Å². The zero-order chi connectivity index (χ0) is 9.05. The minimum absolute atomic E-state index is 0.0654. The van der Waals surface area contributed by atoms with Crippen LogP contribution in [-0.2, 0) is 4.79 Å². The quantitative estimate of drug-likeness (QED) is 0.518. The van der Waals surface area contributed by atoms with Gasteiger partial charge in [-0.15, -0.1) is 0 Å². The Morgan fingerprint density at radius 1 is 1.46 bits per heavy atom. The van der Waals surface area contributed by atoms with Crippen LogP contribution >= 0.6 is 0 Å². The van der Waals surface area contributed by atoms with Gasteiger partial charge < -0.3 is 0 Å². The molecule has 0 heterocycles. The molecular weight excluding hydrogens is 160 g/mol. The van der Waals surface area contributed by atoms with E-state index in [1.54, 1.807) is 0 Å². The van der Waals surface area contributed by atoms with Crippen molar-refractivity contribution in [2.75, 3.05) is 0 Å². The lowest BCUT2D eigenvalue weighted by Crippen LogP contribution is -2.30. The Bertz CT molecular complexity index is 291. The smallest absolute Gasteiger partial charge is 0.146 e. The maximum atomic E-state index is 12.1. The van der Waals surface area contributed by atoms with E-state index in [9.17, 15) is 4.79 Å². The minimum atomic E-state index is -0.0654. The monoisotopic (exact) mass is 176 g/mol. The molecule has 0 N–H and O–H groups in total. The summed E-state index contributed by atoms with van der Waals surface area (Å²) < 4.78 is 0. The Balaban J connectivity index is 2.11. The van der Waals surface area contributed by atoms with Crippen molar-refractivity contribution in [1.82, 2.24) is 0 Å². The summed E-state index contributed by atoms with van der Waals surface area (Å²) in [5.74, 6) is 2.35. The third kappa shape index (κ3) is 0.762. The SMILES string of the molecule is CC12C=CCC(C1=O)C1CCCC12. The fourth-order valence-electron chi connectivity index (χ4n) is 3.94. The van der Waals surface area contributed by atoms with Gasteiger partial charge in [0, 0.05) is 11.3 Å². The van der Waals surface area contributed by atoms with Crippen LogP contribution in [0.3, 0.4) is 0 Å². The van der Waals surface area contributed by atoms with Gasteiger partial charge in [-0.2, -0.15) is 0 Å². The highest BCUT2D eigenvalue weighted by Crippen LogP contribution is 2.58. The molecular formula is C12H16O. The van der Waals surface area contributed by atoms with Gasteiger partial charge in [0.2, 0.25) is 0 Å². The molecule has 2 bridgehead atoms. The lowest BCUT2D eigenvalue weighted by Gasteiger charge is -2.26. The summed E-state index contributed by atoms with van der Waals surface area (Å²) in [6, 6.07) is 0. The first-order valence-corrected chi connectivity index (χ1v) is 5.45. The molecule has 1 nitrogen and oxygen atoms in total. The molecule has 0 aromatic heterocycles. The third-order valence-electron chi connectivity index (χ3n) is 4.58. The van der Waals surface area contributed by atoms with Crippen molar-refractivity contribution in [3.8, 4) is 0 Å². The molecule has 3 aliphatic rings. The van der Waals surface area contributed by atoms with Crippen molar-refractivity contribution < 1.29 is 4.79 Å². The number of hydrogen-bond donors (Lipinski definition) is 0. The second-order valence-electron chi connectivity index (χ2n) is 5.09. The Hall–Kier alpha value is -0.590. The summed E-state index contributed by atoms with van der Waals surface area (Å²) in [4.78, 5) is 12.1. The maximum absolute atomic E-state index is 12.1. The Morgan fingerprint density at radius 2 is 2.31 bits per heavy atom. The van der Waals surface area contributed by atoms with E-state index in [2.05, 4.69) is 19.1 Å². The summed E-state index contributed by atoms with van der Waals surface area (Å²) in [6.45, 7) is 2.16. The van der Waals surface area contributed by atoms with Crippen LogP contribution in [0, 0.1) is 23.2 Å². The normalized spacial score (nSPS) is 52.7. The van der Waals surface area contributed by atoms with Crippen LogP contribution in [-0.4, -0.2) is 5.78 Å². The Labute approximate surface area is 79.2 Å². The maximum Gasteiger partial charge on any atom is 0.146 e. The summed E-state index contributed by atoms with van der Waals surface area (Å²) in [5, 5.41) is 0. The number of allylic oxidation sites excluding steroid dienone is 2. The van der Waals surface area contributed by atoms with Crippen LogP contribution in [0.25, 0.3) is 0 Å². The average molecular weight is 176 g/mol. The number of rotatable bonds is 0. The molecule has 1 heteroatoms. The molecule has 13 heavy (non-hydrogen) atoms. The molecule has 0 amide bonds. The average Bonchev–Trinajstić information content (AvgIpc) is 2.61. The van der Waals surface area contributed by atoms with Crippen molar-refractivity contribution in [3.63, 3.8) is 0 Å². The van der Waals surface area contributed by atoms with Crippen LogP contribution in [0.4, 0.5) is 0 Å². The molecule has 4 atom stereocenters. The highest BCUT2D eigenvalue weighted by atomic mass is 16.1. The number of carbonyl (C=O) groups is 1. The van der Waals surface area contributed by atoms with Crippen LogP contribution in [0.1, 0.15) is 32.6 Å². The number of carbonyl (C=O) groups excluding carboxylic acids is 1. The number of fused-ring (bicyclic) bond motifs is 5. The van der Waals surface area contributed by atoms with E-state index < -0.39 is 0 Å². The van der Waals surface area contributed by atoms with E-state index in [4.69, 9.17) is 0 Å². The highest BCUT2D eigenvalue weighted by Gasteiger charge is 2.58. The van der Waals surface area contributed by atoms with Crippen molar-refractivity contribution in [2.24, 2.45) is 23.2 Å². The number of hydrogen-bond acceptors (Lipinski definition) is 1. The van der Waals surface area contributed by atoms with Gasteiger partial charge in [0.1, 0.15) is 5.78 Å². The molecule has 4 unspecified atom stereocenters. The van der Waals surface area contributed by atoms with E-state index >= 15 is 0 Å². The van der Waals surface area contributed by atoms with E-state index in [0.717, 1.165) is 12.3 Å². The summed E-state index contributed by atoms with van der Waals surface area (Å²) in [5.41, 5.74) is -0.0654. The Kier molecular flexibility index (Phi) is 1.35. The van der Waals surface area contributed by atoms with Gasteiger partial charge in [-0.05, 0) is 38.0 Å². The van der Waals surface area contributed by atoms with E-state index in [1.807, 2.05) is 0 Å². The van der Waals surface area contributed by atoms with Crippen molar-refractivity contribution >= 4 is 5.78 Å². The van der Waals surface area contributed by atoms with E-state index in [0.29, 0.717) is 17.6 Å². The molecule has 2 saturated carbocycles. The third-order valence-corrected chi connectivity index (χ3v) is 4.58. The molecule has 3 aliphatic carbocycles. The van der Waals surface area contributed by atoms with Gasteiger partial charge in [0.15, 0.2) is 0 Å². The fraction of sp³-hybridized carbons (Fsp3) is 0.750. The van der Waals surface area contributed by atoms with Gasteiger partial charge >= 0.3 is 0 Å². The summed E-state index contributed by atoms with van der Waals surface area (Å²) in [7, 11) is 0. The lowest BCUT2D eigenvalue weighted by molar-refractivity contribution is -0.127. The zero-order valence-electron chi connectivity index (χ0n) is 8.12.